The largest absolute Gasteiger partial charge is 0.456 e. The van der Waals surface area contributed by atoms with Gasteiger partial charge in [0.15, 0.2) is 0 Å². The second-order valence-corrected chi connectivity index (χ2v) is 11.2. The number of furan rings is 1. The van der Waals surface area contributed by atoms with Crippen LogP contribution in [0.5, 0.6) is 5.75 Å². The summed E-state index contributed by atoms with van der Waals surface area (Å²) in [7, 11) is 0. The lowest BCUT2D eigenvalue weighted by molar-refractivity contribution is -0.141. The first kappa shape index (κ1) is 17.1. The summed E-state index contributed by atoms with van der Waals surface area (Å²) in [5.41, 5.74) is 1.82. The van der Waals surface area contributed by atoms with E-state index in [1.807, 2.05) is 42.5 Å². The van der Waals surface area contributed by atoms with E-state index in [2.05, 4.69) is 15.9 Å². The maximum Gasteiger partial charge on any atom is 0.311 e. The highest BCUT2D eigenvalue weighted by Crippen LogP contribution is 2.65. The summed E-state index contributed by atoms with van der Waals surface area (Å²) in [5, 5.41) is 2.05. The van der Waals surface area contributed by atoms with Gasteiger partial charge in [0.25, 0.3) is 0 Å². The predicted molar refractivity (Wildman–Crippen MR) is 113 cm³/mol. The number of para-hydroxylation sites is 1. The standard InChI is InChI=1S/C24H23BrO3/c25-24-11-15-7-16(12-24)10-23(9-15,14-24)13-22(26)27-17-5-6-21-19(8-17)18-3-1-2-4-20(18)28-21/h1-6,8,15-16H,7,9-14H2/t15-,16+,23?,24?. The molecule has 3 nitrogen and oxygen atoms in total. The molecule has 1 heterocycles. The van der Waals surface area contributed by atoms with Gasteiger partial charge in [-0.3, -0.25) is 4.79 Å². The summed E-state index contributed by atoms with van der Waals surface area (Å²) in [4.78, 5) is 12.9. The van der Waals surface area contributed by atoms with Crippen LogP contribution in [0.25, 0.3) is 21.9 Å². The number of esters is 1. The van der Waals surface area contributed by atoms with Crippen molar-refractivity contribution < 1.29 is 13.9 Å². The van der Waals surface area contributed by atoms with Gasteiger partial charge in [-0.25, -0.2) is 0 Å². The molecular weight excluding hydrogens is 416 g/mol. The molecule has 144 valence electrons. The number of carbonyl (C=O) groups is 1. The SMILES string of the molecule is O=C(CC12C[C@@H]3C[C@@H](CC(Br)(C3)C1)C2)Oc1ccc2oc3ccccc3c2c1. The van der Waals surface area contributed by atoms with Gasteiger partial charge in [0, 0.05) is 15.1 Å². The van der Waals surface area contributed by atoms with E-state index in [9.17, 15) is 4.79 Å². The van der Waals surface area contributed by atoms with Gasteiger partial charge in [-0.05, 0) is 80.0 Å². The van der Waals surface area contributed by atoms with Crippen molar-refractivity contribution in [1.82, 2.24) is 0 Å². The van der Waals surface area contributed by atoms with Gasteiger partial charge in [-0.15, -0.1) is 0 Å². The third-order valence-electron chi connectivity index (χ3n) is 7.21. The Morgan fingerprint density at radius 2 is 1.79 bits per heavy atom. The molecule has 0 saturated heterocycles. The molecule has 0 amide bonds. The van der Waals surface area contributed by atoms with Crippen LogP contribution in [-0.2, 0) is 4.79 Å². The van der Waals surface area contributed by atoms with Crippen molar-refractivity contribution in [2.75, 3.05) is 0 Å². The number of benzene rings is 2. The highest BCUT2D eigenvalue weighted by atomic mass is 79.9. The Bertz CT molecular complexity index is 1080. The summed E-state index contributed by atoms with van der Waals surface area (Å²) in [6, 6.07) is 13.6. The number of alkyl halides is 1. The fourth-order valence-electron chi connectivity index (χ4n) is 6.79. The minimum absolute atomic E-state index is 0.0924. The molecule has 4 aliphatic rings. The summed E-state index contributed by atoms with van der Waals surface area (Å²) in [6.07, 6.45) is 7.96. The van der Waals surface area contributed by atoms with Crippen LogP contribution >= 0.6 is 15.9 Å². The first-order valence-corrected chi connectivity index (χ1v) is 11.1. The quantitative estimate of drug-likeness (QED) is 0.262. The Kier molecular flexibility index (Phi) is 3.57. The number of hydrogen-bond donors (Lipinski definition) is 0. The van der Waals surface area contributed by atoms with Crippen LogP contribution in [0.2, 0.25) is 0 Å². The third kappa shape index (κ3) is 2.72. The van der Waals surface area contributed by atoms with Crippen molar-refractivity contribution in [2.24, 2.45) is 17.3 Å². The van der Waals surface area contributed by atoms with Crippen molar-refractivity contribution in [3.05, 3.63) is 42.5 Å². The molecule has 0 N–H and O–H groups in total. The van der Waals surface area contributed by atoms with Gasteiger partial charge in [0.1, 0.15) is 16.9 Å². The van der Waals surface area contributed by atoms with Crippen LogP contribution in [0.3, 0.4) is 0 Å². The van der Waals surface area contributed by atoms with Crippen LogP contribution in [-0.4, -0.2) is 10.3 Å². The summed E-state index contributed by atoms with van der Waals surface area (Å²) in [6.45, 7) is 0. The average molecular weight is 439 g/mol. The molecule has 4 atom stereocenters. The number of halogens is 1. The maximum atomic E-state index is 12.9. The summed E-state index contributed by atoms with van der Waals surface area (Å²) < 4.78 is 12.0. The molecule has 4 aliphatic carbocycles. The van der Waals surface area contributed by atoms with E-state index in [0.717, 1.165) is 40.2 Å². The lowest BCUT2D eigenvalue weighted by Gasteiger charge is -2.60. The normalized spacial score (nSPS) is 33.6. The molecule has 7 rings (SSSR count). The number of carbonyl (C=O) groups excluding carboxylic acids is 1. The minimum Gasteiger partial charge on any atom is -0.456 e. The van der Waals surface area contributed by atoms with Gasteiger partial charge in [-0.1, -0.05) is 34.1 Å². The molecular formula is C24H23BrO3. The lowest BCUT2D eigenvalue weighted by Crippen LogP contribution is -2.53. The number of hydrogen-bond acceptors (Lipinski definition) is 3. The molecule has 1 aromatic heterocycles. The van der Waals surface area contributed by atoms with Crippen LogP contribution < -0.4 is 4.74 Å². The van der Waals surface area contributed by atoms with E-state index in [1.165, 1.54) is 32.1 Å². The molecule has 3 aromatic rings. The molecule has 0 spiro atoms. The average Bonchev–Trinajstić information content (AvgIpc) is 2.97. The predicted octanol–water partition coefficient (Wildman–Crippen LogP) is 6.62. The Morgan fingerprint density at radius 1 is 1.04 bits per heavy atom. The van der Waals surface area contributed by atoms with Gasteiger partial charge in [0.05, 0.1) is 6.42 Å². The molecule has 0 radical (unpaired) electrons. The van der Waals surface area contributed by atoms with E-state index in [1.54, 1.807) is 0 Å². The molecule has 4 heteroatoms. The zero-order valence-corrected chi connectivity index (χ0v) is 17.3. The van der Waals surface area contributed by atoms with E-state index in [0.29, 0.717) is 12.2 Å². The Labute approximate surface area is 172 Å². The highest BCUT2D eigenvalue weighted by molar-refractivity contribution is 9.10. The van der Waals surface area contributed by atoms with Crippen molar-refractivity contribution in [2.45, 2.75) is 49.3 Å². The third-order valence-corrected chi connectivity index (χ3v) is 8.14. The van der Waals surface area contributed by atoms with Crippen molar-refractivity contribution in [3.8, 4) is 5.75 Å². The van der Waals surface area contributed by atoms with Crippen LogP contribution in [0.4, 0.5) is 0 Å². The minimum atomic E-state index is -0.0924. The van der Waals surface area contributed by atoms with Crippen LogP contribution in [0.1, 0.15) is 44.9 Å². The van der Waals surface area contributed by atoms with Gasteiger partial charge in [-0.2, -0.15) is 0 Å². The highest BCUT2D eigenvalue weighted by Gasteiger charge is 2.57. The zero-order chi connectivity index (χ0) is 18.9. The molecule has 2 unspecified atom stereocenters. The molecule has 4 saturated carbocycles. The molecule has 2 aromatic carbocycles. The fraction of sp³-hybridized carbons (Fsp3) is 0.458. The van der Waals surface area contributed by atoms with E-state index in [4.69, 9.17) is 9.15 Å². The maximum absolute atomic E-state index is 12.9. The van der Waals surface area contributed by atoms with Crippen molar-refractivity contribution in [3.63, 3.8) is 0 Å². The van der Waals surface area contributed by atoms with Crippen molar-refractivity contribution in [1.29, 1.82) is 0 Å². The molecule has 0 aliphatic heterocycles. The number of fused-ring (bicyclic) bond motifs is 3. The van der Waals surface area contributed by atoms with Gasteiger partial charge in [0.2, 0.25) is 0 Å². The second kappa shape index (κ2) is 5.85. The van der Waals surface area contributed by atoms with Gasteiger partial charge >= 0.3 is 5.97 Å². The monoisotopic (exact) mass is 438 g/mol. The second-order valence-electron chi connectivity index (χ2n) is 9.52. The number of ether oxygens (including phenoxy) is 1. The molecule has 4 bridgehead atoms. The number of rotatable bonds is 3. The Morgan fingerprint density at radius 3 is 2.57 bits per heavy atom. The Balaban J connectivity index is 1.25. The summed E-state index contributed by atoms with van der Waals surface area (Å²) >= 11 is 4.03. The fourth-order valence-corrected chi connectivity index (χ4v) is 8.30. The van der Waals surface area contributed by atoms with E-state index >= 15 is 0 Å². The first-order chi connectivity index (χ1) is 13.5. The smallest absolute Gasteiger partial charge is 0.311 e. The summed E-state index contributed by atoms with van der Waals surface area (Å²) in [5.74, 6) is 2.08. The van der Waals surface area contributed by atoms with Crippen molar-refractivity contribution >= 4 is 43.8 Å². The van der Waals surface area contributed by atoms with E-state index in [-0.39, 0.29) is 15.7 Å². The molecule has 28 heavy (non-hydrogen) atoms. The lowest BCUT2D eigenvalue weighted by atomic mass is 9.49. The van der Waals surface area contributed by atoms with Gasteiger partial charge < -0.3 is 9.15 Å². The topological polar surface area (TPSA) is 39.4 Å². The zero-order valence-electron chi connectivity index (χ0n) is 15.7. The van der Waals surface area contributed by atoms with E-state index < -0.39 is 0 Å². The van der Waals surface area contributed by atoms with Crippen LogP contribution in [0, 0.1) is 17.3 Å². The Hall–Kier alpha value is -1.81. The molecule has 4 fully saturated rings. The first-order valence-electron chi connectivity index (χ1n) is 10.3. The van der Waals surface area contributed by atoms with Crippen LogP contribution in [0.15, 0.2) is 46.9 Å².